The van der Waals surface area contributed by atoms with Gasteiger partial charge in [0.25, 0.3) is 0 Å². The Morgan fingerprint density at radius 3 is 2.12 bits per heavy atom. The summed E-state index contributed by atoms with van der Waals surface area (Å²) in [6.45, 7) is 0. The molecular weight excluding hydrogens is 627 g/mol. The highest BCUT2D eigenvalue weighted by Gasteiger charge is 2.19. The molecule has 0 atom stereocenters. The zero-order valence-electron chi connectivity index (χ0n) is 27.0. The molecule has 6 aromatic carbocycles. The van der Waals surface area contributed by atoms with Crippen LogP contribution in [0.4, 0.5) is 0 Å². The molecule has 0 saturated carbocycles. The summed E-state index contributed by atoms with van der Waals surface area (Å²) in [5, 5.41) is 4.76. The molecule has 234 valence electrons. The van der Waals surface area contributed by atoms with Crippen molar-refractivity contribution in [2.75, 3.05) is 0 Å². The molecule has 0 spiro atoms. The zero-order valence-corrected chi connectivity index (χ0v) is 27.8. The van der Waals surface area contributed by atoms with Crippen LogP contribution in [-0.4, -0.2) is 14.5 Å². The summed E-state index contributed by atoms with van der Waals surface area (Å²) in [6.07, 6.45) is 8.24. The summed E-state index contributed by atoms with van der Waals surface area (Å²) < 4.78 is 2.16. The van der Waals surface area contributed by atoms with Crippen LogP contribution in [0.25, 0.3) is 84.1 Å². The average Bonchev–Trinajstić information content (AvgIpc) is 3.50. The van der Waals surface area contributed by atoms with Gasteiger partial charge in [0.2, 0.25) is 0 Å². The summed E-state index contributed by atoms with van der Waals surface area (Å²) in [7, 11) is 0. The van der Waals surface area contributed by atoms with Crippen molar-refractivity contribution >= 4 is 56.6 Å². The molecule has 0 saturated heterocycles. The molecule has 3 nitrogen and oxygen atoms in total. The molecule has 0 unspecified atom stereocenters. The molecule has 0 aliphatic carbocycles. The van der Waals surface area contributed by atoms with E-state index in [2.05, 4.69) is 149 Å². The Balaban J connectivity index is 1.22. The van der Waals surface area contributed by atoms with Gasteiger partial charge in [0.05, 0.1) is 5.52 Å². The largest absolute Gasteiger partial charge is 0.278 e. The molecule has 0 radical (unpaired) electrons. The van der Waals surface area contributed by atoms with E-state index in [9.17, 15) is 0 Å². The second kappa shape index (κ2) is 11.7. The monoisotopic (exact) mass is 655 g/mol. The minimum absolute atomic E-state index is 0.860. The van der Waals surface area contributed by atoms with Crippen molar-refractivity contribution < 1.29 is 0 Å². The molecule has 50 heavy (non-hydrogen) atoms. The molecule has 3 aromatic heterocycles. The lowest BCUT2D eigenvalue weighted by atomic mass is 9.92. The van der Waals surface area contributed by atoms with E-state index in [1.54, 1.807) is 0 Å². The van der Waals surface area contributed by atoms with E-state index in [1.165, 1.54) is 59.5 Å². The van der Waals surface area contributed by atoms with E-state index in [4.69, 9.17) is 4.98 Å². The number of benzene rings is 6. The second-order valence-electron chi connectivity index (χ2n) is 12.6. The van der Waals surface area contributed by atoms with Crippen LogP contribution >= 0.6 is 11.8 Å². The second-order valence-corrected chi connectivity index (χ2v) is 13.7. The third kappa shape index (κ3) is 4.68. The van der Waals surface area contributed by atoms with Crippen LogP contribution in [0.1, 0.15) is 11.1 Å². The molecule has 0 bridgehead atoms. The van der Waals surface area contributed by atoms with E-state index in [1.807, 2.05) is 48.4 Å². The van der Waals surface area contributed by atoms with Gasteiger partial charge in [0.15, 0.2) is 0 Å². The van der Waals surface area contributed by atoms with Gasteiger partial charge in [-0.3, -0.25) is 4.57 Å². The van der Waals surface area contributed by atoms with Crippen LogP contribution < -0.4 is 0 Å². The van der Waals surface area contributed by atoms with Crippen molar-refractivity contribution in [3.63, 3.8) is 0 Å². The Morgan fingerprint density at radius 2 is 1.20 bits per heavy atom. The quantitative estimate of drug-likeness (QED) is 0.186. The molecule has 0 fully saturated rings. The van der Waals surface area contributed by atoms with Gasteiger partial charge in [-0.15, -0.1) is 0 Å². The normalized spacial score (nSPS) is 12.9. The topological polar surface area (TPSA) is 30.7 Å². The van der Waals surface area contributed by atoms with Gasteiger partial charge < -0.3 is 0 Å². The van der Waals surface area contributed by atoms with Crippen molar-refractivity contribution in [1.29, 1.82) is 0 Å². The number of hydrogen-bond acceptors (Lipinski definition) is 3. The number of pyridine rings is 2. The van der Waals surface area contributed by atoms with Gasteiger partial charge in [-0.2, -0.15) is 0 Å². The summed E-state index contributed by atoms with van der Waals surface area (Å²) in [5.74, 6) is 0.860. The molecule has 9 aromatic rings. The van der Waals surface area contributed by atoms with E-state index >= 15 is 0 Å². The van der Waals surface area contributed by atoms with E-state index in [-0.39, 0.29) is 0 Å². The fraction of sp³-hybridized carbons (Fsp3) is 0. The first kappa shape index (κ1) is 28.8. The van der Waals surface area contributed by atoms with Crippen LogP contribution in [0, 0.1) is 0 Å². The molecule has 4 heteroatoms. The van der Waals surface area contributed by atoms with Crippen molar-refractivity contribution in [1.82, 2.24) is 14.5 Å². The smallest absolute Gasteiger partial charge is 0.146 e. The number of hydrogen-bond donors (Lipinski definition) is 0. The highest BCUT2D eigenvalue weighted by Crippen LogP contribution is 2.47. The van der Waals surface area contributed by atoms with Crippen LogP contribution in [0.3, 0.4) is 0 Å². The van der Waals surface area contributed by atoms with Gasteiger partial charge in [-0.05, 0) is 104 Å². The number of aromatic nitrogens is 3. The van der Waals surface area contributed by atoms with Gasteiger partial charge in [0.1, 0.15) is 11.5 Å². The van der Waals surface area contributed by atoms with Crippen LogP contribution in [0.5, 0.6) is 0 Å². The molecule has 10 rings (SSSR count). The standard InChI is InChI=1S/C46H29N3S/c1-3-12-35-30(10-1)18-19-32-20-21-33(34-23-25-42-41(29-34)39-15-9-27-48-46(39)49(42)44-17-7-8-26-47-44)28-40(32)38-24-22-31-11-2-4-13-36(31)45(38)50-43-16-6-5-14-37(35)43/h1-29H/b19-18-. The van der Waals surface area contributed by atoms with Crippen molar-refractivity contribution in [3.05, 3.63) is 175 Å². The number of nitrogens with zero attached hydrogens (tertiary/aromatic N) is 3. The van der Waals surface area contributed by atoms with Gasteiger partial charge in [0, 0.05) is 33.0 Å². The summed E-state index contributed by atoms with van der Waals surface area (Å²) >= 11 is 1.87. The lowest BCUT2D eigenvalue weighted by Gasteiger charge is -2.17. The highest BCUT2D eigenvalue weighted by atomic mass is 32.2. The Hall–Kier alpha value is -6.23. The minimum Gasteiger partial charge on any atom is -0.278 e. The Bertz CT molecular complexity index is 2790. The first-order chi connectivity index (χ1) is 24.8. The van der Waals surface area contributed by atoms with E-state index in [0.29, 0.717) is 0 Å². The maximum atomic E-state index is 4.79. The van der Waals surface area contributed by atoms with Gasteiger partial charge in [-0.25, -0.2) is 9.97 Å². The molecule has 0 N–H and O–H groups in total. The molecule has 1 aliphatic rings. The predicted octanol–water partition coefficient (Wildman–Crippen LogP) is 12.4. The molecule has 4 heterocycles. The average molecular weight is 656 g/mol. The predicted molar refractivity (Wildman–Crippen MR) is 210 cm³/mol. The van der Waals surface area contributed by atoms with Crippen LogP contribution in [0.2, 0.25) is 0 Å². The summed E-state index contributed by atoms with van der Waals surface area (Å²) in [6, 6.07) is 54.7. The summed E-state index contributed by atoms with van der Waals surface area (Å²) in [4.78, 5) is 12.0. The Labute approximate surface area is 294 Å². The van der Waals surface area contributed by atoms with Crippen LogP contribution in [-0.2, 0) is 0 Å². The van der Waals surface area contributed by atoms with Crippen molar-refractivity contribution in [2.24, 2.45) is 0 Å². The fourth-order valence-electron chi connectivity index (χ4n) is 7.38. The zero-order chi connectivity index (χ0) is 33.0. The van der Waals surface area contributed by atoms with E-state index < -0.39 is 0 Å². The number of fused-ring (bicyclic) bond motifs is 11. The lowest BCUT2D eigenvalue weighted by Crippen LogP contribution is -1.97. The van der Waals surface area contributed by atoms with Gasteiger partial charge in [-0.1, -0.05) is 127 Å². The number of rotatable bonds is 2. The fourth-order valence-corrected chi connectivity index (χ4v) is 8.62. The first-order valence-electron chi connectivity index (χ1n) is 16.8. The minimum atomic E-state index is 0.860. The molecular formula is C46H29N3S. The maximum absolute atomic E-state index is 4.79. The Morgan fingerprint density at radius 1 is 0.460 bits per heavy atom. The third-order valence-electron chi connectivity index (χ3n) is 9.75. The van der Waals surface area contributed by atoms with E-state index in [0.717, 1.165) is 33.3 Å². The molecule has 0 amide bonds. The van der Waals surface area contributed by atoms with Gasteiger partial charge >= 0.3 is 0 Å². The summed E-state index contributed by atoms with van der Waals surface area (Å²) in [5.41, 5.74) is 11.6. The SMILES string of the molecule is C1=C\c2ccc(-c3ccc4c(c3)c3cccnc3n4-c3ccccn3)cc2-c2ccc3ccccc3c2Sc2ccccc2-c2ccccc2/1. The van der Waals surface area contributed by atoms with Crippen molar-refractivity contribution in [2.45, 2.75) is 9.79 Å². The Kier molecular flexibility index (Phi) is 6.74. The first-order valence-corrected chi connectivity index (χ1v) is 17.6. The van der Waals surface area contributed by atoms with Crippen molar-refractivity contribution in [3.8, 4) is 39.2 Å². The third-order valence-corrected chi connectivity index (χ3v) is 11.0. The molecule has 1 aliphatic heterocycles. The van der Waals surface area contributed by atoms with Crippen LogP contribution in [0.15, 0.2) is 174 Å². The lowest BCUT2D eigenvalue weighted by molar-refractivity contribution is 1.06. The maximum Gasteiger partial charge on any atom is 0.146 e. The highest BCUT2D eigenvalue weighted by molar-refractivity contribution is 7.99.